The van der Waals surface area contributed by atoms with Gasteiger partial charge in [-0.15, -0.1) is 12.4 Å². The SMILES string of the molecule is Cc1ccc(-c2nc(N(CCC(=O)O)C3CCCC3)sc2Cl)c(C)c1.Cl. The molecule has 0 aliphatic heterocycles. The summed E-state index contributed by atoms with van der Waals surface area (Å²) in [5.74, 6) is -0.778. The smallest absolute Gasteiger partial charge is 0.305 e. The number of carbonyl (C=O) groups is 1. The van der Waals surface area contributed by atoms with Crippen LogP contribution >= 0.6 is 35.3 Å². The summed E-state index contributed by atoms with van der Waals surface area (Å²) in [5, 5.41) is 9.92. The highest BCUT2D eigenvalue weighted by Crippen LogP contribution is 2.40. The summed E-state index contributed by atoms with van der Waals surface area (Å²) in [5.41, 5.74) is 4.21. The number of halogens is 2. The maximum atomic E-state index is 11.1. The Balaban J connectivity index is 0.00000243. The average molecular weight is 415 g/mol. The molecule has 1 fully saturated rings. The lowest BCUT2D eigenvalue weighted by Gasteiger charge is -2.27. The predicted molar refractivity (Wildman–Crippen MR) is 111 cm³/mol. The van der Waals surface area contributed by atoms with E-state index in [4.69, 9.17) is 21.7 Å². The Morgan fingerprint density at radius 3 is 2.65 bits per heavy atom. The van der Waals surface area contributed by atoms with Crippen molar-refractivity contribution in [3.63, 3.8) is 0 Å². The number of hydrogen-bond donors (Lipinski definition) is 1. The number of aryl methyl sites for hydroxylation is 2. The Morgan fingerprint density at radius 1 is 1.35 bits per heavy atom. The van der Waals surface area contributed by atoms with Crippen LogP contribution in [-0.4, -0.2) is 28.6 Å². The van der Waals surface area contributed by atoms with Crippen molar-refractivity contribution in [2.24, 2.45) is 0 Å². The summed E-state index contributed by atoms with van der Waals surface area (Å²) in [6.45, 7) is 4.62. The van der Waals surface area contributed by atoms with Crippen LogP contribution in [0, 0.1) is 13.8 Å². The summed E-state index contributed by atoms with van der Waals surface area (Å²) in [6.07, 6.45) is 4.69. The second-order valence-corrected chi connectivity index (χ2v) is 8.29. The first kappa shape index (κ1) is 21.0. The number of carboxylic acids is 1. The largest absolute Gasteiger partial charge is 0.481 e. The van der Waals surface area contributed by atoms with E-state index in [-0.39, 0.29) is 18.8 Å². The van der Waals surface area contributed by atoms with Crippen molar-refractivity contribution in [3.05, 3.63) is 33.7 Å². The Morgan fingerprint density at radius 2 is 2.04 bits per heavy atom. The quantitative estimate of drug-likeness (QED) is 0.655. The van der Waals surface area contributed by atoms with Crippen LogP contribution < -0.4 is 4.90 Å². The molecule has 3 rings (SSSR count). The fourth-order valence-corrected chi connectivity index (χ4v) is 4.78. The molecule has 2 aromatic rings. The van der Waals surface area contributed by atoms with Crippen LogP contribution in [-0.2, 0) is 4.79 Å². The summed E-state index contributed by atoms with van der Waals surface area (Å²) in [7, 11) is 0. The second-order valence-electron chi connectivity index (χ2n) is 6.71. The Labute approximate surface area is 169 Å². The summed E-state index contributed by atoms with van der Waals surface area (Å²) < 4.78 is 0.667. The molecular formula is C19H24Cl2N2O2S. The number of nitrogens with zero attached hydrogens (tertiary/aromatic N) is 2. The Kier molecular flexibility index (Phi) is 7.33. The number of benzene rings is 1. The Bertz CT molecular complexity index is 773. The molecule has 1 aliphatic carbocycles. The van der Waals surface area contributed by atoms with Crippen LogP contribution in [0.25, 0.3) is 11.3 Å². The molecule has 0 amide bonds. The molecule has 1 heterocycles. The van der Waals surface area contributed by atoms with Crippen molar-refractivity contribution >= 4 is 46.4 Å². The molecule has 1 aliphatic rings. The van der Waals surface area contributed by atoms with Gasteiger partial charge < -0.3 is 10.0 Å². The first-order valence-corrected chi connectivity index (χ1v) is 9.87. The lowest BCUT2D eigenvalue weighted by atomic mass is 10.0. The third-order valence-corrected chi connectivity index (χ3v) is 6.08. The van der Waals surface area contributed by atoms with Gasteiger partial charge in [0.1, 0.15) is 10.0 Å². The highest BCUT2D eigenvalue weighted by atomic mass is 35.5. The minimum Gasteiger partial charge on any atom is -0.481 e. The van der Waals surface area contributed by atoms with E-state index < -0.39 is 5.97 Å². The van der Waals surface area contributed by atoms with Gasteiger partial charge in [-0.2, -0.15) is 0 Å². The predicted octanol–water partition coefficient (Wildman–Crippen LogP) is 5.73. The Hall–Kier alpha value is -1.30. The topological polar surface area (TPSA) is 53.4 Å². The number of thiazole rings is 1. The third-order valence-electron chi connectivity index (χ3n) is 4.79. The first-order valence-electron chi connectivity index (χ1n) is 8.68. The third kappa shape index (κ3) is 4.70. The highest BCUT2D eigenvalue weighted by molar-refractivity contribution is 7.20. The molecule has 142 valence electrons. The normalized spacial score (nSPS) is 14.3. The molecule has 0 unspecified atom stereocenters. The van der Waals surface area contributed by atoms with E-state index in [9.17, 15) is 4.79 Å². The molecule has 26 heavy (non-hydrogen) atoms. The standard InChI is InChI=1S/C19H23ClN2O2S.ClH/c1-12-7-8-15(13(2)11-12)17-18(20)25-19(21-17)22(10-9-16(23)24)14-5-3-4-6-14;/h7-8,11,14H,3-6,9-10H2,1-2H3,(H,23,24);1H. The lowest BCUT2D eigenvalue weighted by molar-refractivity contribution is -0.136. The van der Waals surface area contributed by atoms with Crippen LogP contribution in [0.3, 0.4) is 0 Å². The van der Waals surface area contributed by atoms with E-state index in [1.165, 1.54) is 29.7 Å². The van der Waals surface area contributed by atoms with Gasteiger partial charge in [0.05, 0.1) is 6.42 Å². The second kappa shape index (κ2) is 9.07. The van der Waals surface area contributed by atoms with Gasteiger partial charge in [-0.3, -0.25) is 4.79 Å². The van der Waals surface area contributed by atoms with Crippen molar-refractivity contribution in [1.82, 2.24) is 4.98 Å². The molecule has 1 aromatic heterocycles. The van der Waals surface area contributed by atoms with Gasteiger partial charge in [0.2, 0.25) is 0 Å². The van der Waals surface area contributed by atoms with E-state index in [0.717, 1.165) is 34.8 Å². The molecule has 1 N–H and O–H groups in total. The average Bonchev–Trinajstić information content (AvgIpc) is 3.18. The van der Waals surface area contributed by atoms with E-state index in [1.807, 2.05) is 0 Å². The minimum atomic E-state index is -0.778. The van der Waals surface area contributed by atoms with Gasteiger partial charge in [0.25, 0.3) is 0 Å². The van der Waals surface area contributed by atoms with Crippen molar-refractivity contribution in [1.29, 1.82) is 0 Å². The fourth-order valence-electron chi connectivity index (χ4n) is 3.53. The molecule has 1 saturated carbocycles. The summed E-state index contributed by atoms with van der Waals surface area (Å²) in [6, 6.07) is 6.63. The molecule has 0 saturated heterocycles. The zero-order valence-corrected chi connectivity index (χ0v) is 17.4. The van der Waals surface area contributed by atoms with E-state index in [0.29, 0.717) is 16.9 Å². The van der Waals surface area contributed by atoms with Gasteiger partial charge in [-0.1, -0.05) is 59.5 Å². The fraction of sp³-hybridized carbons (Fsp3) is 0.474. The maximum absolute atomic E-state index is 11.1. The van der Waals surface area contributed by atoms with Gasteiger partial charge in [-0.05, 0) is 32.3 Å². The lowest BCUT2D eigenvalue weighted by Crippen LogP contribution is -2.35. The first-order chi connectivity index (χ1) is 12.0. The minimum absolute atomic E-state index is 0. The van der Waals surface area contributed by atoms with Crippen molar-refractivity contribution in [2.45, 2.75) is 52.0 Å². The zero-order chi connectivity index (χ0) is 18.0. The van der Waals surface area contributed by atoms with E-state index in [2.05, 4.69) is 36.9 Å². The summed E-state index contributed by atoms with van der Waals surface area (Å²) in [4.78, 5) is 18.0. The van der Waals surface area contributed by atoms with E-state index in [1.54, 1.807) is 0 Å². The number of aliphatic carboxylic acids is 1. The summed E-state index contributed by atoms with van der Waals surface area (Å²) >= 11 is 7.97. The van der Waals surface area contributed by atoms with Crippen molar-refractivity contribution in [2.75, 3.05) is 11.4 Å². The highest BCUT2D eigenvalue weighted by Gasteiger charge is 2.27. The molecule has 0 radical (unpaired) electrons. The number of aromatic nitrogens is 1. The number of hydrogen-bond acceptors (Lipinski definition) is 4. The number of carboxylic acid groups (broad SMARTS) is 1. The molecule has 0 bridgehead atoms. The number of rotatable bonds is 6. The molecular weight excluding hydrogens is 391 g/mol. The monoisotopic (exact) mass is 414 g/mol. The van der Waals surface area contributed by atoms with Crippen molar-refractivity contribution < 1.29 is 9.90 Å². The van der Waals surface area contributed by atoms with Crippen LogP contribution in [0.4, 0.5) is 5.13 Å². The molecule has 7 heteroatoms. The van der Waals surface area contributed by atoms with Crippen LogP contribution in [0.15, 0.2) is 18.2 Å². The van der Waals surface area contributed by atoms with Gasteiger partial charge in [-0.25, -0.2) is 4.98 Å². The van der Waals surface area contributed by atoms with Gasteiger partial charge >= 0.3 is 5.97 Å². The zero-order valence-electron chi connectivity index (χ0n) is 15.0. The number of anilines is 1. The van der Waals surface area contributed by atoms with E-state index >= 15 is 0 Å². The molecule has 1 aromatic carbocycles. The van der Waals surface area contributed by atoms with Gasteiger partial charge in [0, 0.05) is 18.2 Å². The van der Waals surface area contributed by atoms with Crippen molar-refractivity contribution in [3.8, 4) is 11.3 Å². The van der Waals surface area contributed by atoms with Crippen LogP contribution in [0.5, 0.6) is 0 Å². The van der Waals surface area contributed by atoms with Crippen LogP contribution in [0.2, 0.25) is 4.34 Å². The molecule has 4 nitrogen and oxygen atoms in total. The maximum Gasteiger partial charge on any atom is 0.305 e. The van der Waals surface area contributed by atoms with Gasteiger partial charge in [0.15, 0.2) is 5.13 Å². The molecule has 0 spiro atoms. The van der Waals surface area contributed by atoms with Crippen LogP contribution in [0.1, 0.15) is 43.2 Å². The molecule has 0 atom stereocenters.